The fourth-order valence-electron chi connectivity index (χ4n) is 3.23. The van der Waals surface area contributed by atoms with Gasteiger partial charge >= 0.3 is 0 Å². The Labute approximate surface area is 211 Å². The van der Waals surface area contributed by atoms with E-state index in [0.29, 0.717) is 33.0 Å². The molecule has 0 fully saturated rings. The quantitative estimate of drug-likeness (QED) is 0.199. The summed E-state index contributed by atoms with van der Waals surface area (Å²) in [6.07, 6.45) is 0. The van der Waals surface area contributed by atoms with Crippen molar-refractivity contribution in [2.24, 2.45) is 5.10 Å². The Bertz CT molecular complexity index is 1360. The Hall–Kier alpha value is -3.82. The SMILES string of the molecule is COc1cc(/C(C)=N/NC(=O)CSc2nnc(-c3ccc(Cl)cc3)n2-c2ccccc2)ccc1O. The summed E-state index contributed by atoms with van der Waals surface area (Å²) in [4.78, 5) is 12.5. The van der Waals surface area contributed by atoms with Crippen LogP contribution in [0.25, 0.3) is 17.1 Å². The normalized spacial score (nSPS) is 11.3. The number of para-hydroxylation sites is 1. The third-order valence-corrected chi connectivity index (χ3v) is 6.21. The zero-order chi connectivity index (χ0) is 24.8. The average Bonchev–Trinajstić information content (AvgIpc) is 3.31. The summed E-state index contributed by atoms with van der Waals surface area (Å²) in [5.41, 5.74) is 5.57. The number of nitrogens with zero attached hydrogens (tertiary/aromatic N) is 4. The van der Waals surface area contributed by atoms with Gasteiger partial charge in [-0.25, -0.2) is 5.43 Å². The lowest BCUT2D eigenvalue weighted by molar-refractivity contribution is -0.118. The highest BCUT2D eigenvalue weighted by Gasteiger charge is 2.17. The van der Waals surface area contributed by atoms with Gasteiger partial charge in [-0.2, -0.15) is 5.10 Å². The number of nitrogens with one attached hydrogen (secondary N) is 1. The van der Waals surface area contributed by atoms with Crippen molar-refractivity contribution in [2.45, 2.75) is 12.1 Å². The minimum Gasteiger partial charge on any atom is -0.504 e. The van der Waals surface area contributed by atoms with Crippen molar-refractivity contribution in [1.82, 2.24) is 20.2 Å². The maximum absolute atomic E-state index is 12.5. The average molecular weight is 508 g/mol. The highest BCUT2D eigenvalue weighted by Crippen LogP contribution is 2.29. The van der Waals surface area contributed by atoms with E-state index in [0.717, 1.165) is 11.3 Å². The molecular weight excluding hydrogens is 486 g/mol. The summed E-state index contributed by atoms with van der Waals surface area (Å²) in [5.74, 6) is 0.795. The third kappa shape index (κ3) is 5.82. The van der Waals surface area contributed by atoms with Crippen molar-refractivity contribution in [1.29, 1.82) is 0 Å². The first-order valence-corrected chi connectivity index (χ1v) is 11.9. The van der Waals surface area contributed by atoms with Crippen molar-refractivity contribution in [3.05, 3.63) is 83.4 Å². The second-order valence-electron chi connectivity index (χ2n) is 7.39. The molecule has 35 heavy (non-hydrogen) atoms. The summed E-state index contributed by atoms with van der Waals surface area (Å²) >= 11 is 7.29. The van der Waals surface area contributed by atoms with E-state index in [1.807, 2.05) is 47.0 Å². The van der Waals surface area contributed by atoms with E-state index in [9.17, 15) is 9.90 Å². The van der Waals surface area contributed by atoms with Gasteiger partial charge in [0.25, 0.3) is 5.91 Å². The van der Waals surface area contributed by atoms with Crippen LogP contribution in [0.15, 0.2) is 83.1 Å². The smallest absolute Gasteiger partial charge is 0.250 e. The number of aromatic hydroxyl groups is 1. The second kappa shape index (κ2) is 11.1. The van der Waals surface area contributed by atoms with Gasteiger partial charge in [-0.3, -0.25) is 9.36 Å². The topological polar surface area (TPSA) is 102 Å². The number of aromatic nitrogens is 3. The van der Waals surface area contributed by atoms with Gasteiger partial charge in [0.1, 0.15) is 0 Å². The standard InChI is InChI=1S/C25H22ClN5O3S/c1-16(18-10-13-21(32)22(14-18)34-2)27-28-23(33)15-35-25-30-29-24(17-8-11-19(26)12-9-17)31(25)20-6-4-3-5-7-20/h3-14,32H,15H2,1-2H3,(H,28,33)/b27-16+. The van der Waals surface area contributed by atoms with Crippen molar-refractivity contribution >= 4 is 35.0 Å². The minimum absolute atomic E-state index is 0.0324. The Morgan fingerprint density at radius 3 is 2.57 bits per heavy atom. The lowest BCUT2D eigenvalue weighted by Crippen LogP contribution is -2.21. The number of amides is 1. The van der Waals surface area contributed by atoms with Crippen LogP contribution in [0, 0.1) is 0 Å². The third-order valence-electron chi connectivity index (χ3n) is 5.03. The molecule has 4 aromatic rings. The summed E-state index contributed by atoms with van der Waals surface area (Å²) in [6.45, 7) is 1.75. The van der Waals surface area contributed by atoms with Crippen LogP contribution in [-0.4, -0.2) is 44.4 Å². The predicted molar refractivity (Wildman–Crippen MR) is 138 cm³/mol. The van der Waals surface area contributed by atoms with Crippen molar-refractivity contribution in [3.8, 4) is 28.6 Å². The van der Waals surface area contributed by atoms with Crippen LogP contribution < -0.4 is 10.2 Å². The molecular formula is C25H22ClN5O3S. The van der Waals surface area contributed by atoms with Crippen molar-refractivity contribution < 1.29 is 14.6 Å². The molecule has 0 saturated carbocycles. The number of phenols is 1. The molecule has 0 bridgehead atoms. The summed E-state index contributed by atoms with van der Waals surface area (Å²) in [5, 5.41) is 23.8. The summed E-state index contributed by atoms with van der Waals surface area (Å²) in [6, 6.07) is 21.9. The Morgan fingerprint density at radius 1 is 1.11 bits per heavy atom. The van der Waals surface area contributed by atoms with E-state index in [4.69, 9.17) is 16.3 Å². The first kappa shape index (κ1) is 24.3. The molecule has 0 unspecified atom stereocenters. The van der Waals surface area contributed by atoms with Gasteiger partial charge in [0.15, 0.2) is 22.5 Å². The molecule has 1 heterocycles. The Morgan fingerprint density at radius 2 is 1.86 bits per heavy atom. The van der Waals surface area contributed by atoms with E-state index >= 15 is 0 Å². The lowest BCUT2D eigenvalue weighted by atomic mass is 10.1. The monoisotopic (exact) mass is 507 g/mol. The highest BCUT2D eigenvalue weighted by molar-refractivity contribution is 7.99. The number of carbonyl (C=O) groups excluding carboxylic acids is 1. The van der Waals surface area contributed by atoms with Crippen LogP contribution in [-0.2, 0) is 4.79 Å². The number of hydrogen-bond acceptors (Lipinski definition) is 7. The molecule has 0 atom stereocenters. The molecule has 0 saturated heterocycles. The fourth-order valence-corrected chi connectivity index (χ4v) is 4.11. The molecule has 0 aliphatic carbocycles. The molecule has 1 amide bonds. The zero-order valence-electron chi connectivity index (χ0n) is 19.0. The number of thioether (sulfide) groups is 1. The van der Waals surface area contributed by atoms with Crippen molar-refractivity contribution in [2.75, 3.05) is 12.9 Å². The van der Waals surface area contributed by atoms with Crippen LogP contribution in [0.2, 0.25) is 5.02 Å². The first-order valence-electron chi connectivity index (χ1n) is 10.6. The van der Waals surface area contributed by atoms with Gasteiger partial charge in [0.2, 0.25) is 0 Å². The Kier molecular flexibility index (Phi) is 7.69. The molecule has 178 valence electrons. The number of hydrogen-bond donors (Lipinski definition) is 2. The molecule has 2 N–H and O–H groups in total. The molecule has 1 aromatic heterocycles. The summed E-state index contributed by atoms with van der Waals surface area (Å²) in [7, 11) is 1.47. The molecule has 3 aromatic carbocycles. The molecule has 0 radical (unpaired) electrons. The predicted octanol–water partition coefficient (Wildman–Crippen LogP) is 4.93. The molecule has 8 nitrogen and oxygen atoms in total. The number of phenolic OH excluding ortho intramolecular Hbond substituents is 1. The summed E-state index contributed by atoms with van der Waals surface area (Å²) < 4.78 is 7.02. The molecule has 4 rings (SSSR count). The number of carbonyl (C=O) groups is 1. The largest absolute Gasteiger partial charge is 0.504 e. The maximum Gasteiger partial charge on any atom is 0.250 e. The maximum atomic E-state index is 12.5. The molecule has 0 aliphatic rings. The number of methoxy groups -OCH3 is 1. The van der Waals surface area contributed by atoms with E-state index in [1.165, 1.54) is 24.9 Å². The number of rotatable bonds is 8. The molecule has 0 aliphatic heterocycles. The van der Waals surface area contributed by atoms with Gasteiger partial charge in [-0.1, -0.05) is 41.6 Å². The molecule has 10 heteroatoms. The van der Waals surface area contributed by atoms with Gasteiger partial charge < -0.3 is 9.84 Å². The fraction of sp³-hybridized carbons (Fsp3) is 0.120. The van der Waals surface area contributed by atoms with Crippen LogP contribution in [0.4, 0.5) is 0 Å². The Balaban J connectivity index is 1.50. The highest BCUT2D eigenvalue weighted by atomic mass is 35.5. The van der Waals surface area contributed by atoms with Gasteiger partial charge in [0, 0.05) is 21.8 Å². The van der Waals surface area contributed by atoms with Crippen LogP contribution in [0.3, 0.4) is 0 Å². The first-order chi connectivity index (χ1) is 17.0. The minimum atomic E-state index is -0.296. The van der Waals surface area contributed by atoms with Crippen LogP contribution >= 0.6 is 23.4 Å². The van der Waals surface area contributed by atoms with Gasteiger partial charge in [-0.15, -0.1) is 10.2 Å². The van der Waals surface area contributed by atoms with Crippen molar-refractivity contribution in [3.63, 3.8) is 0 Å². The van der Waals surface area contributed by atoms with E-state index in [2.05, 4.69) is 20.7 Å². The van der Waals surface area contributed by atoms with Crippen LogP contribution in [0.5, 0.6) is 11.5 Å². The number of benzene rings is 3. The van der Waals surface area contributed by atoms with E-state index in [1.54, 1.807) is 31.2 Å². The van der Waals surface area contributed by atoms with Gasteiger partial charge in [0.05, 0.1) is 18.6 Å². The van der Waals surface area contributed by atoms with E-state index < -0.39 is 0 Å². The zero-order valence-corrected chi connectivity index (χ0v) is 20.5. The van der Waals surface area contributed by atoms with E-state index in [-0.39, 0.29) is 17.4 Å². The number of halogens is 1. The number of hydrazone groups is 1. The lowest BCUT2D eigenvalue weighted by Gasteiger charge is -2.10. The van der Waals surface area contributed by atoms with Gasteiger partial charge in [-0.05, 0) is 61.5 Å². The number of ether oxygens (including phenoxy) is 1. The second-order valence-corrected chi connectivity index (χ2v) is 8.77. The van der Waals surface area contributed by atoms with Crippen LogP contribution in [0.1, 0.15) is 12.5 Å². The molecule has 0 spiro atoms.